The van der Waals surface area contributed by atoms with Gasteiger partial charge in [-0.25, -0.2) is 4.79 Å². The first-order valence-corrected chi connectivity index (χ1v) is 7.71. The maximum atomic E-state index is 11.6. The predicted molar refractivity (Wildman–Crippen MR) is 79.8 cm³/mol. The van der Waals surface area contributed by atoms with Crippen molar-refractivity contribution in [3.05, 3.63) is 22.4 Å². The smallest absolute Gasteiger partial charge is 0.315 e. The monoisotopic (exact) mass is 298 g/mol. The van der Waals surface area contributed by atoms with Crippen molar-refractivity contribution in [2.75, 3.05) is 0 Å². The number of rotatable bonds is 8. The lowest BCUT2D eigenvalue weighted by Gasteiger charge is -2.15. The second kappa shape index (κ2) is 8.58. The maximum absolute atomic E-state index is 11.6. The van der Waals surface area contributed by atoms with Gasteiger partial charge in [0.25, 0.3) is 0 Å². The molecule has 1 aromatic heterocycles. The number of carboxylic acids is 1. The summed E-state index contributed by atoms with van der Waals surface area (Å²) >= 11 is 1.60. The van der Waals surface area contributed by atoms with Crippen LogP contribution in [0.2, 0.25) is 0 Å². The molecule has 1 aromatic rings. The second-order valence-electron chi connectivity index (χ2n) is 5.03. The van der Waals surface area contributed by atoms with E-state index in [4.69, 9.17) is 5.11 Å². The number of hydrogen-bond acceptors (Lipinski definition) is 3. The Hall–Kier alpha value is -1.56. The number of carbonyl (C=O) groups is 2. The van der Waals surface area contributed by atoms with Crippen LogP contribution in [0.5, 0.6) is 0 Å². The lowest BCUT2D eigenvalue weighted by Crippen LogP contribution is -2.40. The van der Waals surface area contributed by atoms with Gasteiger partial charge in [-0.2, -0.15) is 11.3 Å². The van der Waals surface area contributed by atoms with Crippen molar-refractivity contribution in [2.24, 2.45) is 5.92 Å². The third-order valence-electron chi connectivity index (χ3n) is 3.11. The fourth-order valence-electron chi connectivity index (χ4n) is 1.78. The summed E-state index contributed by atoms with van der Waals surface area (Å²) in [6.45, 7) is 4.15. The zero-order valence-corrected chi connectivity index (χ0v) is 12.7. The van der Waals surface area contributed by atoms with Crippen LogP contribution in [0.15, 0.2) is 16.8 Å². The molecule has 20 heavy (non-hydrogen) atoms. The van der Waals surface area contributed by atoms with E-state index >= 15 is 0 Å². The molecule has 0 spiro atoms. The fraction of sp³-hybridized carbons (Fsp3) is 0.571. The predicted octanol–water partition coefficient (Wildman–Crippen LogP) is 2.83. The molecule has 0 aromatic carbocycles. The molecule has 3 N–H and O–H groups in total. The Morgan fingerprint density at radius 3 is 2.70 bits per heavy atom. The van der Waals surface area contributed by atoms with Gasteiger partial charge in [0, 0.05) is 12.6 Å². The van der Waals surface area contributed by atoms with Crippen molar-refractivity contribution >= 4 is 23.3 Å². The minimum Gasteiger partial charge on any atom is -0.481 e. The highest BCUT2D eigenvalue weighted by Crippen LogP contribution is 2.09. The maximum Gasteiger partial charge on any atom is 0.315 e. The first-order valence-electron chi connectivity index (χ1n) is 6.77. The lowest BCUT2D eigenvalue weighted by atomic mass is 10.0. The Kier molecular flexibility index (Phi) is 7.08. The molecule has 0 saturated carbocycles. The third kappa shape index (κ3) is 6.56. The minimum absolute atomic E-state index is 0.0402. The van der Waals surface area contributed by atoms with Crippen molar-refractivity contribution in [1.29, 1.82) is 0 Å². The average molecular weight is 298 g/mol. The normalized spacial score (nSPS) is 13.5. The Bertz CT molecular complexity index is 420. The molecule has 6 heteroatoms. The van der Waals surface area contributed by atoms with Gasteiger partial charge in [-0.15, -0.1) is 0 Å². The van der Waals surface area contributed by atoms with E-state index in [0.29, 0.717) is 13.0 Å². The SMILES string of the molecule is CC(CCCC(C)C(=O)O)NC(=O)NCc1ccsc1. The number of aliphatic carboxylic acids is 1. The number of amides is 2. The molecule has 0 aliphatic heterocycles. The lowest BCUT2D eigenvalue weighted by molar-refractivity contribution is -0.141. The quantitative estimate of drug-likeness (QED) is 0.690. The molecule has 5 nitrogen and oxygen atoms in total. The molecule has 2 unspecified atom stereocenters. The second-order valence-corrected chi connectivity index (χ2v) is 5.81. The molecule has 0 aliphatic carbocycles. The Balaban J connectivity index is 2.13. The molecule has 0 fully saturated rings. The van der Waals surface area contributed by atoms with Crippen LogP contribution in [-0.4, -0.2) is 23.1 Å². The van der Waals surface area contributed by atoms with E-state index in [1.807, 2.05) is 23.8 Å². The van der Waals surface area contributed by atoms with Gasteiger partial charge >= 0.3 is 12.0 Å². The fourth-order valence-corrected chi connectivity index (χ4v) is 2.44. The van der Waals surface area contributed by atoms with Gasteiger partial charge < -0.3 is 15.7 Å². The van der Waals surface area contributed by atoms with Crippen molar-refractivity contribution in [3.63, 3.8) is 0 Å². The van der Waals surface area contributed by atoms with Gasteiger partial charge in [-0.05, 0) is 42.2 Å². The van der Waals surface area contributed by atoms with E-state index in [1.165, 1.54) is 0 Å². The van der Waals surface area contributed by atoms with Crippen LogP contribution >= 0.6 is 11.3 Å². The van der Waals surface area contributed by atoms with E-state index in [1.54, 1.807) is 18.3 Å². The van der Waals surface area contributed by atoms with Crippen molar-refractivity contribution < 1.29 is 14.7 Å². The van der Waals surface area contributed by atoms with Gasteiger partial charge in [0.05, 0.1) is 5.92 Å². The highest BCUT2D eigenvalue weighted by Gasteiger charge is 2.12. The van der Waals surface area contributed by atoms with Crippen LogP contribution in [-0.2, 0) is 11.3 Å². The summed E-state index contributed by atoms with van der Waals surface area (Å²) in [5.41, 5.74) is 1.09. The number of urea groups is 1. The minimum atomic E-state index is -0.765. The zero-order valence-electron chi connectivity index (χ0n) is 11.9. The van der Waals surface area contributed by atoms with E-state index in [0.717, 1.165) is 18.4 Å². The van der Waals surface area contributed by atoms with E-state index in [9.17, 15) is 9.59 Å². The van der Waals surface area contributed by atoms with E-state index in [-0.39, 0.29) is 18.0 Å². The molecular weight excluding hydrogens is 276 g/mol. The first kappa shape index (κ1) is 16.5. The van der Waals surface area contributed by atoms with Crippen LogP contribution in [0.3, 0.4) is 0 Å². The number of carboxylic acid groups (broad SMARTS) is 1. The summed E-state index contributed by atoms with van der Waals surface area (Å²) in [6.07, 6.45) is 2.21. The van der Waals surface area contributed by atoms with E-state index < -0.39 is 5.97 Å². The molecule has 112 valence electrons. The summed E-state index contributed by atoms with van der Waals surface area (Å²) < 4.78 is 0. The van der Waals surface area contributed by atoms with Crippen LogP contribution in [0.4, 0.5) is 4.79 Å². The Morgan fingerprint density at radius 1 is 1.35 bits per heavy atom. The van der Waals surface area contributed by atoms with Crippen LogP contribution in [0, 0.1) is 5.92 Å². The van der Waals surface area contributed by atoms with Crippen LogP contribution in [0.1, 0.15) is 38.7 Å². The molecule has 0 bridgehead atoms. The largest absolute Gasteiger partial charge is 0.481 e. The molecular formula is C14H22N2O3S. The number of carbonyl (C=O) groups excluding carboxylic acids is 1. The van der Waals surface area contributed by atoms with Gasteiger partial charge in [0.1, 0.15) is 0 Å². The summed E-state index contributed by atoms with van der Waals surface area (Å²) in [4.78, 5) is 22.3. The molecule has 2 amide bonds. The summed E-state index contributed by atoms with van der Waals surface area (Å²) in [7, 11) is 0. The summed E-state index contributed by atoms with van der Waals surface area (Å²) in [5, 5.41) is 18.4. The molecule has 0 radical (unpaired) electrons. The van der Waals surface area contributed by atoms with Gasteiger partial charge in [-0.1, -0.05) is 13.3 Å². The van der Waals surface area contributed by atoms with Gasteiger partial charge in [-0.3, -0.25) is 4.79 Å². The summed E-state index contributed by atoms with van der Waals surface area (Å²) in [6, 6.07) is 1.83. The first-order chi connectivity index (χ1) is 9.49. The highest BCUT2D eigenvalue weighted by molar-refractivity contribution is 7.07. The average Bonchev–Trinajstić information content (AvgIpc) is 2.89. The summed E-state index contributed by atoms with van der Waals surface area (Å²) in [5.74, 6) is -1.09. The number of hydrogen-bond donors (Lipinski definition) is 3. The molecule has 0 saturated heterocycles. The topological polar surface area (TPSA) is 78.4 Å². The van der Waals surface area contributed by atoms with Crippen LogP contribution in [0.25, 0.3) is 0 Å². The Labute approximate surface area is 123 Å². The van der Waals surface area contributed by atoms with Crippen molar-refractivity contribution in [2.45, 2.75) is 45.7 Å². The number of thiophene rings is 1. The van der Waals surface area contributed by atoms with Crippen LogP contribution < -0.4 is 10.6 Å². The Morgan fingerprint density at radius 2 is 2.10 bits per heavy atom. The van der Waals surface area contributed by atoms with Gasteiger partial charge in [0.15, 0.2) is 0 Å². The third-order valence-corrected chi connectivity index (χ3v) is 3.84. The molecule has 1 heterocycles. The molecule has 0 aliphatic rings. The zero-order chi connectivity index (χ0) is 15.0. The van der Waals surface area contributed by atoms with Crippen molar-refractivity contribution in [1.82, 2.24) is 10.6 Å². The molecule has 2 atom stereocenters. The standard InChI is InChI=1S/C14H22N2O3S/c1-10(13(17)18)4-3-5-11(2)16-14(19)15-8-12-6-7-20-9-12/h6-7,9-11H,3-5,8H2,1-2H3,(H,17,18)(H2,15,16,19). The van der Waals surface area contributed by atoms with E-state index in [2.05, 4.69) is 10.6 Å². The van der Waals surface area contributed by atoms with Crippen molar-refractivity contribution in [3.8, 4) is 0 Å². The molecule has 1 rings (SSSR count). The van der Waals surface area contributed by atoms with Gasteiger partial charge in [0.2, 0.25) is 0 Å². The number of nitrogens with one attached hydrogen (secondary N) is 2. The highest BCUT2D eigenvalue weighted by atomic mass is 32.1.